The molecule has 0 amide bonds. The van der Waals surface area contributed by atoms with E-state index in [4.69, 9.17) is 4.74 Å². The predicted octanol–water partition coefficient (Wildman–Crippen LogP) is 4.21. The van der Waals surface area contributed by atoms with Crippen LogP contribution in [0.3, 0.4) is 0 Å². The smallest absolute Gasteiger partial charge is 0.130 e. The highest BCUT2D eigenvalue weighted by atomic mass is 16.5. The Kier molecular flexibility index (Phi) is 4.58. The minimum atomic E-state index is 0.891. The van der Waals surface area contributed by atoms with Crippen LogP contribution in [0.15, 0.2) is 42.5 Å². The quantitative estimate of drug-likeness (QED) is 0.864. The van der Waals surface area contributed by atoms with E-state index >= 15 is 0 Å². The standard InChI is InChI=1S/C17H21NO/c1-4-18-12-15-8-9-17(14(3)11-15)19-16-7-5-6-13(2)10-16/h5-11,18H,4,12H2,1-3H3. The van der Waals surface area contributed by atoms with E-state index in [-0.39, 0.29) is 0 Å². The number of hydrogen-bond acceptors (Lipinski definition) is 2. The van der Waals surface area contributed by atoms with Crippen molar-refractivity contribution in [2.75, 3.05) is 6.54 Å². The number of benzene rings is 2. The molecular formula is C17H21NO. The van der Waals surface area contributed by atoms with E-state index in [2.05, 4.69) is 44.3 Å². The summed E-state index contributed by atoms with van der Waals surface area (Å²) in [5, 5.41) is 3.33. The largest absolute Gasteiger partial charge is 0.457 e. The van der Waals surface area contributed by atoms with Gasteiger partial charge >= 0.3 is 0 Å². The van der Waals surface area contributed by atoms with Gasteiger partial charge in [-0.1, -0.05) is 31.2 Å². The van der Waals surface area contributed by atoms with E-state index in [0.29, 0.717) is 0 Å². The lowest BCUT2D eigenvalue weighted by Crippen LogP contribution is -2.11. The van der Waals surface area contributed by atoms with Crippen LogP contribution in [0.1, 0.15) is 23.6 Å². The van der Waals surface area contributed by atoms with Gasteiger partial charge in [0.2, 0.25) is 0 Å². The van der Waals surface area contributed by atoms with E-state index in [1.54, 1.807) is 0 Å². The molecule has 0 radical (unpaired) electrons. The molecule has 0 saturated carbocycles. The summed E-state index contributed by atoms with van der Waals surface area (Å²) in [4.78, 5) is 0. The minimum absolute atomic E-state index is 0.891. The Morgan fingerprint density at radius 2 is 1.89 bits per heavy atom. The molecule has 0 aromatic heterocycles. The highest BCUT2D eigenvalue weighted by Crippen LogP contribution is 2.26. The number of aryl methyl sites for hydroxylation is 2. The van der Waals surface area contributed by atoms with Gasteiger partial charge in [-0.2, -0.15) is 0 Å². The van der Waals surface area contributed by atoms with Crippen LogP contribution in [-0.2, 0) is 6.54 Å². The molecule has 2 heteroatoms. The van der Waals surface area contributed by atoms with Crippen molar-refractivity contribution in [1.82, 2.24) is 5.32 Å². The minimum Gasteiger partial charge on any atom is -0.457 e. The molecule has 2 rings (SSSR count). The van der Waals surface area contributed by atoms with Crippen LogP contribution in [0.5, 0.6) is 11.5 Å². The molecular weight excluding hydrogens is 234 g/mol. The summed E-state index contributed by atoms with van der Waals surface area (Å²) in [6, 6.07) is 14.4. The fourth-order valence-electron chi connectivity index (χ4n) is 2.01. The Hall–Kier alpha value is -1.80. The van der Waals surface area contributed by atoms with Crippen molar-refractivity contribution < 1.29 is 4.74 Å². The van der Waals surface area contributed by atoms with Crippen molar-refractivity contribution in [3.8, 4) is 11.5 Å². The van der Waals surface area contributed by atoms with Crippen LogP contribution in [-0.4, -0.2) is 6.54 Å². The Morgan fingerprint density at radius 3 is 2.58 bits per heavy atom. The van der Waals surface area contributed by atoms with Crippen LogP contribution in [0.2, 0.25) is 0 Å². The van der Waals surface area contributed by atoms with Crippen molar-refractivity contribution in [2.45, 2.75) is 27.3 Å². The van der Waals surface area contributed by atoms with E-state index in [9.17, 15) is 0 Å². The van der Waals surface area contributed by atoms with Gasteiger partial charge < -0.3 is 10.1 Å². The summed E-state index contributed by atoms with van der Waals surface area (Å²) in [6.07, 6.45) is 0. The molecule has 100 valence electrons. The Morgan fingerprint density at radius 1 is 1.05 bits per heavy atom. The maximum absolute atomic E-state index is 5.93. The van der Waals surface area contributed by atoms with Gasteiger partial charge in [-0.25, -0.2) is 0 Å². The summed E-state index contributed by atoms with van der Waals surface area (Å²) < 4.78 is 5.93. The van der Waals surface area contributed by atoms with Crippen LogP contribution in [0, 0.1) is 13.8 Å². The summed E-state index contributed by atoms with van der Waals surface area (Å²) >= 11 is 0. The zero-order chi connectivity index (χ0) is 13.7. The van der Waals surface area contributed by atoms with Gasteiger partial charge in [-0.15, -0.1) is 0 Å². The average molecular weight is 255 g/mol. The first-order valence-electron chi connectivity index (χ1n) is 6.74. The number of hydrogen-bond donors (Lipinski definition) is 1. The van der Waals surface area contributed by atoms with Crippen LogP contribution in [0.25, 0.3) is 0 Å². The first kappa shape index (κ1) is 13.6. The Balaban J connectivity index is 2.13. The molecule has 0 aliphatic carbocycles. The molecule has 0 bridgehead atoms. The SMILES string of the molecule is CCNCc1ccc(Oc2cccc(C)c2)c(C)c1. The molecule has 0 unspecified atom stereocenters. The van der Waals surface area contributed by atoms with E-state index < -0.39 is 0 Å². The van der Waals surface area contributed by atoms with E-state index in [1.807, 2.05) is 24.3 Å². The number of ether oxygens (including phenoxy) is 1. The van der Waals surface area contributed by atoms with Crippen molar-refractivity contribution in [3.63, 3.8) is 0 Å². The van der Waals surface area contributed by atoms with Crippen molar-refractivity contribution in [1.29, 1.82) is 0 Å². The Bertz CT molecular complexity index is 549. The third kappa shape index (κ3) is 3.83. The summed E-state index contributed by atoms with van der Waals surface area (Å²) in [5.74, 6) is 1.81. The third-order valence-electron chi connectivity index (χ3n) is 3.04. The van der Waals surface area contributed by atoms with Crippen molar-refractivity contribution in [2.24, 2.45) is 0 Å². The summed E-state index contributed by atoms with van der Waals surface area (Å²) in [5.41, 5.74) is 3.66. The van der Waals surface area contributed by atoms with Gasteiger partial charge in [0.25, 0.3) is 0 Å². The van der Waals surface area contributed by atoms with Gasteiger partial charge in [0, 0.05) is 6.54 Å². The topological polar surface area (TPSA) is 21.3 Å². The van der Waals surface area contributed by atoms with Gasteiger partial charge in [0.15, 0.2) is 0 Å². The van der Waals surface area contributed by atoms with E-state index in [1.165, 1.54) is 11.1 Å². The second kappa shape index (κ2) is 6.39. The zero-order valence-corrected chi connectivity index (χ0v) is 11.9. The van der Waals surface area contributed by atoms with Crippen LogP contribution < -0.4 is 10.1 Å². The maximum atomic E-state index is 5.93. The fourth-order valence-corrected chi connectivity index (χ4v) is 2.01. The molecule has 2 aromatic carbocycles. The first-order valence-corrected chi connectivity index (χ1v) is 6.74. The lowest BCUT2D eigenvalue weighted by atomic mass is 10.1. The monoisotopic (exact) mass is 255 g/mol. The van der Waals surface area contributed by atoms with Gasteiger partial charge in [-0.3, -0.25) is 0 Å². The lowest BCUT2D eigenvalue weighted by molar-refractivity contribution is 0.478. The van der Waals surface area contributed by atoms with Gasteiger partial charge in [0.05, 0.1) is 0 Å². The maximum Gasteiger partial charge on any atom is 0.130 e. The molecule has 0 spiro atoms. The molecule has 0 aliphatic rings. The predicted molar refractivity (Wildman–Crippen MR) is 79.8 cm³/mol. The average Bonchev–Trinajstić information content (AvgIpc) is 2.39. The number of rotatable bonds is 5. The molecule has 1 N–H and O–H groups in total. The van der Waals surface area contributed by atoms with Crippen molar-refractivity contribution >= 4 is 0 Å². The zero-order valence-electron chi connectivity index (χ0n) is 11.9. The molecule has 2 aromatic rings. The Labute approximate surface area is 115 Å². The van der Waals surface area contributed by atoms with Crippen molar-refractivity contribution in [3.05, 3.63) is 59.2 Å². The molecule has 2 nitrogen and oxygen atoms in total. The third-order valence-corrected chi connectivity index (χ3v) is 3.04. The first-order chi connectivity index (χ1) is 9.19. The molecule has 0 aliphatic heterocycles. The van der Waals surface area contributed by atoms with Gasteiger partial charge in [-0.05, 0) is 55.3 Å². The molecule has 19 heavy (non-hydrogen) atoms. The van der Waals surface area contributed by atoms with Crippen LogP contribution in [0.4, 0.5) is 0 Å². The molecule has 0 heterocycles. The fraction of sp³-hybridized carbons (Fsp3) is 0.294. The second-order valence-corrected chi connectivity index (χ2v) is 4.80. The second-order valence-electron chi connectivity index (χ2n) is 4.80. The van der Waals surface area contributed by atoms with E-state index in [0.717, 1.165) is 30.2 Å². The molecule has 0 atom stereocenters. The highest BCUT2D eigenvalue weighted by Gasteiger charge is 2.03. The van der Waals surface area contributed by atoms with Crippen LogP contribution >= 0.6 is 0 Å². The van der Waals surface area contributed by atoms with Gasteiger partial charge in [0.1, 0.15) is 11.5 Å². The summed E-state index contributed by atoms with van der Waals surface area (Å²) in [7, 11) is 0. The molecule has 0 saturated heterocycles. The molecule has 0 fully saturated rings. The number of nitrogens with one attached hydrogen (secondary N) is 1. The lowest BCUT2D eigenvalue weighted by Gasteiger charge is -2.11. The summed E-state index contributed by atoms with van der Waals surface area (Å²) in [6.45, 7) is 8.16. The normalized spacial score (nSPS) is 10.5. The highest BCUT2D eigenvalue weighted by molar-refractivity contribution is 5.40.